The molecular formula is C17H12ClN3O6S. The summed E-state index contributed by atoms with van der Waals surface area (Å²) in [5, 5.41) is 28.3. The Morgan fingerprint density at radius 2 is 2.11 bits per heavy atom. The maximum Gasteiger partial charge on any atom is 0.342 e. The summed E-state index contributed by atoms with van der Waals surface area (Å²) in [5.74, 6) is -0.320. The third-order valence-electron chi connectivity index (χ3n) is 3.49. The van der Waals surface area contributed by atoms with E-state index in [0.29, 0.717) is 17.9 Å². The molecule has 0 saturated carbocycles. The lowest BCUT2D eigenvalue weighted by Crippen LogP contribution is -1.96. The van der Waals surface area contributed by atoms with Crippen LogP contribution in [0.4, 0.5) is 5.69 Å². The summed E-state index contributed by atoms with van der Waals surface area (Å²) in [6, 6.07) is 7.03. The molecule has 11 heteroatoms. The number of hydrogen-bond donors (Lipinski definition) is 1. The first-order chi connectivity index (χ1) is 13.4. The number of aromatic nitrogens is 2. The normalized spacial score (nSPS) is 11.6. The van der Waals surface area contributed by atoms with Crippen molar-refractivity contribution in [2.75, 3.05) is 0 Å². The Hall–Kier alpha value is -3.11. The largest absolute Gasteiger partial charge is 0.477 e. The number of nitro groups is 1. The van der Waals surface area contributed by atoms with E-state index in [0.717, 1.165) is 11.8 Å². The van der Waals surface area contributed by atoms with Gasteiger partial charge in [0.2, 0.25) is 5.89 Å². The molecule has 2 aromatic heterocycles. The molecule has 144 valence electrons. The van der Waals surface area contributed by atoms with Gasteiger partial charge in [0.25, 0.3) is 10.9 Å². The van der Waals surface area contributed by atoms with Crippen molar-refractivity contribution in [2.45, 2.75) is 18.6 Å². The topological polar surface area (TPSA) is 132 Å². The highest BCUT2D eigenvalue weighted by Crippen LogP contribution is 2.34. The number of hydrogen-bond acceptors (Lipinski definition) is 8. The molecule has 1 aromatic carbocycles. The third kappa shape index (κ3) is 4.41. The van der Waals surface area contributed by atoms with Gasteiger partial charge in [-0.05, 0) is 30.0 Å². The molecule has 0 bridgehead atoms. The van der Waals surface area contributed by atoms with Gasteiger partial charge < -0.3 is 13.9 Å². The van der Waals surface area contributed by atoms with Gasteiger partial charge >= 0.3 is 5.97 Å². The van der Waals surface area contributed by atoms with Crippen LogP contribution < -0.4 is 0 Å². The van der Waals surface area contributed by atoms with E-state index < -0.39 is 10.9 Å². The summed E-state index contributed by atoms with van der Waals surface area (Å²) in [6.45, 7) is 1.83. The maximum absolute atomic E-state index is 11.5. The highest BCUT2D eigenvalue weighted by Gasteiger charge is 2.17. The quantitative estimate of drug-likeness (QED) is 0.250. The van der Waals surface area contributed by atoms with Gasteiger partial charge in [0.1, 0.15) is 16.4 Å². The van der Waals surface area contributed by atoms with Crippen LogP contribution in [0.3, 0.4) is 0 Å². The van der Waals surface area contributed by atoms with E-state index in [4.69, 9.17) is 20.4 Å². The number of nitrogens with zero attached hydrogens (tertiary/aromatic N) is 3. The highest BCUT2D eigenvalue weighted by molar-refractivity contribution is 8.03. The number of non-ortho nitro benzene ring substituents is 1. The van der Waals surface area contributed by atoms with Gasteiger partial charge in [-0.2, -0.15) is 0 Å². The van der Waals surface area contributed by atoms with E-state index in [1.165, 1.54) is 30.3 Å². The molecule has 2 heterocycles. The van der Waals surface area contributed by atoms with E-state index in [1.54, 1.807) is 6.07 Å². The third-order valence-corrected chi connectivity index (χ3v) is 4.67. The van der Waals surface area contributed by atoms with Crippen LogP contribution in [0.5, 0.6) is 0 Å². The molecule has 0 aliphatic heterocycles. The molecule has 1 N–H and O–H groups in total. The van der Waals surface area contributed by atoms with Crippen LogP contribution in [0.1, 0.15) is 18.6 Å². The van der Waals surface area contributed by atoms with Gasteiger partial charge in [-0.3, -0.25) is 10.1 Å². The van der Waals surface area contributed by atoms with E-state index in [2.05, 4.69) is 10.2 Å². The number of furan rings is 1. The first-order valence-electron chi connectivity index (χ1n) is 7.86. The fraction of sp³-hybridized carbons (Fsp3) is 0.118. The average molecular weight is 422 g/mol. The number of benzene rings is 1. The van der Waals surface area contributed by atoms with Crippen molar-refractivity contribution >= 4 is 41.1 Å². The summed E-state index contributed by atoms with van der Waals surface area (Å²) in [7, 11) is 0. The van der Waals surface area contributed by atoms with E-state index >= 15 is 0 Å². The lowest BCUT2D eigenvalue weighted by Gasteiger charge is -2.01. The number of carbonyl (C=O) groups is 1. The van der Waals surface area contributed by atoms with Gasteiger partial charge in [-0.25, -0.2) is 4.79 Å². The van der Waals surface area contributed by atoms with Crippen LogP contribution in [-0.4, -0.2) is 26.2 Å². The first kappa shape index (κ1) is 19.6. The van der Waals surface area contributed by atoms with Crippen LogP contribution >= 0.6 is 23.4 Å². The summed E-state index contributed by atoms with van der Waals surface area (Å²) >= 11 is 6.89. The zero-order valence-electron chi connectivity index (χ0n) is 14.3. The maximum atomic E-state index is 11.5. The van der Waals surface area contributed by atoms with Crippen LogP contribution in [0.2, 0.25) is 5.02 Å². The molecule has 0 aliphatic carbocycles. The summed E-state index contributed by atoms with van der Waals surface area (Å²) in [6.07, 6.45) is 1.82. The predicted molar refractivity (Wildman–Crippen MR) is 101 cm³/mol. The van der Waals surface area contributed by atoms with Crippen molar-refractivity contribution in [1.29, 1.82) is 0 Å². The van der Waals surface area contributed by atoms with Crippen LogP contribution in [0.15, 0.2) is 49.3 Å². The molecule has 0 unspecified atom stereocenters. The average Bonchev–Trinajstić information content (AvgIpc) is 3.30. The molecule has 3 rings (SSSR count). The highest BCUT2D eigenvalue weighted by atomic mass is 35.5. The fourth-order valence-corrected chi connectivity index (χ4v) is 3.05. The van der Waals surface area contributed by atoms with Crippen LogP contribution in [0, 0.1) is 10.1 Å². The minimum absolute atomic E-state index is 0.0963. The number of aliphatic carboxylic acids is 1. The second-order valence-electron chi connectivity index (χ2n) is 5.35. The minimum atomic E-state index is -1.20. The second kappa shape index (κ2) is 8.28. The second-order valence-corrected chi connectivity index (χ2v) is 6.75. The van der Waals surface area contributed by atoms with Crippen molar-refractivity contribution < 1.29 is 23.7 Å². The standard InChI is InChI=1S/C17H12ClN3O6S/c1-2-15-19-20-17(27-15)28-14(16(22)23)8-10-4-6-13(26-10)11-7-9(21(24)25)3-5-12(11)18/h3-8H,2H2,1H3,(H,22,23)/b14-8-. The summed E-state index contributed by atoms with van der Waals surface area (Å²) < 4.78 is 10.9. The molecule has 0 radical (unpaired) electrons. The van der Waals surface area contributed by atoms with Crippen LogP contribution in [-0.2, 0) is 11.2 Å². The van der Waals surface area contributed by atoms with Gasteiger partial charge in [-0.15, -0.1) is 10.2 Å². The molecule has 9 nitrogen and oxygen atoms in total. The molecule has 0 atom stereocenters. The van der Waals surface area contributed by atoms with Crippen molar-refractivity contribution in [3.63, 3.8) is 0 Å². The lowest BCUT2D eigenvalue weighted by atomic mass is 10.1. The molecule has 0 spiro atoms. The Kier molecular flexibility index (Phi) is 5.81. The summed E-state index contributed by atoms with van der Waals surface area (Å²) in [4.78, 5) is 21.8. The fourth-order valence-electron chi connectivity index (χ4n) is 2.17. The Balaban J connectivity index is 1.90. The molecule has 28 heavy (non-hydrogen) atoms. The molecule has 3 aromatic rings. The number of thioether (sulfide) groups is 1. The Morgan fingerprint density at radius 1 is 1.32 bits per heavy atom. The molecule has 0 saturated heterocycles. The van der Waals surface area contributed by atoms with Crippen molar-refractivity contribution in [1.82, 2.24) is 10.2 Å². The smallest absolute Gasteiger partial charge is 0.342 e. The van der Waals surface area contributed by atoms with Crippen molar-refractivity contribution in [3.05, 3.63) is 62.0 Å². The zero-order valence-corrected chi connectivity index (χ0v) is 15.9. The van der Waals surface area contributed by atoms with Gasteiger partial charge in [0.05, 0.1) is 9.95 Å². The van der Waals surface area contributed by atoms with E-state index in [1.807, 2.05) is 6.92 Å². The number of halogens is 1. The SMILES string of the molecule is CCc1nnc(S/C(=C\c2ccc(-c3cc([N+](=O)[O-])ccc3Cl)o2)C(=O)O)o1. The number of rotatable bonds is 7. The van der Waals surface area contributed by atoms with Crippen LogP contribution in [0.25, 0.3) is 17.4 Å². The van der Waals surface area contributed by atoms with Crippen molar-refractivity contribution in [2.24, 2.45) is 0 Å². The van der Waals surface area contributed by atoms with E-state index in [9.17, 15) is 20.0 Å². The van der Waals surface area contributed by atoms with Gasteiger partial charge in [0.15, 0.2) is 0 Å². The number of aryl methyl sites for hydroxylation is 1. The molecular weight excluding hydrogens is 410 g/mol. The van der Waals surface area contributed by atoms with Gasteiger partial charge in [-0.1, -0.05) is 18.5 Å². The number of carboxylic acids is 1. The van der Waals surface area contributed by atoms with E-state index in [-0.39, 0.29) is 32.4 Å². The Labute approximate surface area is 167 Å². The molecule has 0 fully saturated rings. The van der Waals surface area contributed by atoms with Crippen molar-refractivity contribution in [3.8, 4) is 11.3 Å². The lowest BCUT2D eigenvalue weighted by molar-refractivity contribution is -0.384. The minimum Gasteiger partial charge on any atom is -0.477 e. The van der Waals surface area contributed by atoms with Gasteiger partial charge in [0, 0.05) is 30.2 Å². The number of carboxylic acid groups (broad SMARTS) is 1. The number of nitro benzene ring substituents is 1. The zero-order chi connectivity index (χ0) is 20.3. The first-order valence-corrected chi connectivity index (χ1v) is 9.06. The Morgan fingerprint density at radius 3 is 2.75 bits per heavy atom. The molecule has 0 amide bonds. The summed E-state index contributed by atoms with van der Waals surface area (Å²) in [5.41, 5.74) is 0.183. The predicted octanol–water partition coefficient (Wildman–Crippen LogP) is 4.67. The molecule has 0 aliphatic rings. The monoisotopic (exact) mass is 421 g/mol. The Bertz CT molecular complexity index is 1070.